The van der Waals surface area contributed by atoms with Gasteiger partial charge in [0, 0.05) is 34.5 Å². The van der Waals surface area contributed by atoms with Crippen LogP contribution in [-0.4, -0.2) is 20.7 Å². The molecule has 4 rings (SSSR count). The van der Waals surface area contributed by atoms with Gasteiger partial charge in [0.05, 0.1) is 10.6 Å². The van der Waals surface area contributed by atoms with Crippen molar-refractivity contribution >= 4 is 33.7 Å². The minimum absolute atomic E-state index is 0.0162. The lowest BCUT2D eigenvalue weighted by molar-refractivity contribution is -0.384. The number of fused-ring (bicyclic) bond motifs is 1. The average Bonchev–Trinajstić information content (AvgIpc) is 3.28. The van der Waals surface area contributed by atoms with Gasteiger partial charge in [-0.2, -0.15) is 0 Å². The Bertz CT molecular complexity index is 1140. The first-order valence-corrected chi connectivity index (χ1v) is 8.41. The van der Waals surface area contributed by atoms with Gasteiger partial charge in [-0.15, -0.1) is 11.3 Å². The monoisotopic (exact) mass is 365 g/mol. The first-order chi connectivity index (χ1) is 12.5. The van der Waals surface area contributed by atoms with E-state index in [0.717, 1.165) is 10.9 Å². The van der Waals surface area contributed by atoms with Gasteiger partial charge in [0.2, 0.25) is 0 Å². The zero-order valence-electron chi connectivity index (χ0n) is 13.2. The third kappa shape index (κ3) is 2.82. The Hall–Kier alpha value is -3.52. The lowest BCUT2D eigenvalue weighted by Crippen LogP contribution is -1.98. The third-order valence-corrected chi connectivity index (χ3v) is 4.70. The minimum Gasteiger partial charge on any atom is -0.508 e. The molecule has 0 unspecified atom stereocenters. The molecule has 7 nitrogen and oxygen atoms in total. The lowest BCUT2D eigenvalue weighted by Gasteiger charge is -1.97. The van der Waals surface area contributed by atoms with Crippen LogP contribution < -0.4 is 0 Å². The molecule has 4 aromatic rings. The highest BCUT2D eigenvalue weighted by atomic mass is 32.1. The average molecular weight is 365 g/mol. The molecule has 0 atom stereocenters. The normalized spacial score (nSPS) is 10.9. The first-order valence-electron chi connectivity index (χ1n) is 7.53. The van der Waals surface area contributed by atoms with E-state index < -0.39 is 4.92 Å². The zero-order valence-corrected chi connectivity index (χ0v) is 14.0. The Morgan fingerprint density at radius 1 is 1.19 bits per heavy atom. The maximum Gasteiger partial charge on any atom is 0.269 e. The van der Waals surface area contributed by atoms with Gasteiger partial charge < -0.3 is 9.52 Å². The van der Waals surface area contributed by atoms with Crippen LogP contribution in [0.3, 0.4) is 0 Å². The van der Waals surface area contributed by atoms with Crippen LogP contribution in [0.25, 0.3) is 22.2 Å². The van der Waals surface area contributed by atoms with Crippen LogP contribution in [-0.2, 0) is 0 Å². The number of thiazole rings is 1. The summed E-state index contributed by atoms with van der Waals surface area (Å²) in [4.78, 5) is 14.7. The van der Waals surface area contributed by atoms with Crippen molar-refractivity contribution in [1.82, 2.24) is 4.98 Å². The summed E-state index contributed by atoms with van der Waals surface area (Å²) in [6.07, 6.45) is 0. The van der Waals surface area contributed by atoms with Crippen molar-refractivity contribution in [2.24, 2.45) is 0 Å². The molecule has 0 saturated heterocycles. The van der Waals surface area contributed by atoms with Crippen LogP contribution in [0.15, 0.2) is 58.3 Å². The smallest absolute Gasteiger partial charge is 0.269 e. The Morgan fingerprint density at radius 2 is 1.96 bits per heavy atom. The molecule has 0 radical (unpaired) electrons. The SMILES string of the molecule is N=C(c1cc2ccc(O)cc2o1)c1nc(-c2ccc([N+](=O)[O-])cc2)cs1. The predicted molar refractivity (Wildman–Crippen MR) is 98.0 cm³/mol. The van der Waals surface area contributed by atoms with Crippen molar-refractivity contribution < 1.29 is 14.4 Å². The number of non-ortho nitro benzene ring substituents is 1. The van der Waals surface area contributed by atoms with Gasteiger partial charge in [-0.3, -0.25) is 15.5 Å². The number of hydrogen-bond acceptors (Lipinski definition) is 7. The Morgan fingerprint density at radius 3 is 2.69 bits per heavy atom. The molecule has 2 aromatic carbocycles. The van der Waals surface area contributed by atoms with Crippen molar-refractivity contribution in [3.8, 4) is 17.0 Å². The van der Waals surface area contributed by atoms with Gasteiger partial charge in [-0.05, 0) is 30.3 Å². The van der Waals surface area contributed by atoms with Crippen LogP contribution >= 0.6 is 11.3 Å². The number of nitro groups is 1. The molecule has 128 valence electrons. The summed E-state index contributed by atoms with van der Waals surface area (Å²) in [5.74, 6) is 0.454. The van der Waals surface area contributed by atoms with Crippen molar-refractivity contribution in [3.05, 3.63) is 74.8 Å². The fourth-order valence-electron chi connectivity index (χ4n) is 2.52. The second kappa shape index (κ2) is 6.08. The number of phenols is 1. The van der Waals surface area contributed by atoms with E-state index in [2.05, 4.69) is 4.98 Å². The van der Waals surface area contributed by atoms with Crippen LogP contribution in [0.2, 0.25) is 0 Å². The van der Waals surface area contributed by atoms with Gasteiger partial charge in [0.1, 0.15) is 22.1 Å². The summed E-state index contributed by atoms with van der Waals surface area (Å²) in [5.41, 5.74) is 2.03. The number of aromatic hydroxyl groups is 1. The van der Waals surface area contributed by atoms with Crippen molar-refractivity contribution in [1.29, 1.82) is 5.41 Å². The number of benzene rings is 2. The molecule has 8 heteroatoms. The molecule has 0 fully saturated rings. The van der Waals surface area contributed by atoms with E-state index >= 15 is 0 Å². The molecular formula is C18H11N3O4S. The summed E-state index contributed by atoms with van der Waals surface area (Å²) in [7, 11) is 0. The van der Waals surface area contributed by atoms with E-state index in [1.54, 1.807) is 35.7 Å². The first kappa shape index (κ1) is 16.0. The molecule has 0 amide bonds. The van der Waals surface area contributed by atoms with E-state index in [1.807, 2.05) is 0 Å². The maximum absolute atomic E-state index is 10.7. The highest BCUT2D eigenvalue weighted by Gasteiger charge is 2.16. The van der Waals surface area contributed by atoms with Gasteiger partial charge in [-0.1, -0.05) is 0 Å². The van der Waals surface area contributed by atoms with Crippen molar-refractivity contribution in [3.63, 3.8) is 0 Å². The highest BCUT2D eigenvalue weighted by Crippen LogP contribution is 2.28. The Balaban J connectivity index is 1.63. The molecule has 0 aliphatic heterocycles. The summed E-state index contributed by atoms with van der Waals surface area (Å²) >= 11 is 1.29. The quantitative estimate of drug-likeness (QED) is 0.312. The highest BCUT2D eigenvalue weighted by molar-refractivity contribution is 7.12. The fourth-order valence-corrected chi connectivity index (χ4v) is 3.31. The second-order valence-electron chi connectivity index (χ2n) is 5.55. The van der Waals surface area contributed by atoms with Crippen molar-refractivity contribution in [2.45, 2.75) is 0 Å². The standard InChI is InChI=1S/C18H11N3O4S/c19-17(16-7-11-3-6-13(22)8-15(11)25-16)18-20-14(9-26-18)10-1-4-12(5-2-10)21(23)24/h1-9,19,22H. The second-order valence-corrected chi connectivity index (χ2v) is 6.41. The zero-order chi connectivity index (χ0) is 18.3. The van der Waals surface area contributed by atoms with E-state index in [0.29, 0.717) is 22.0 Å². The number of rotatable bonds is 4. The molecule has 0 spiro atoms. The summed E-state index contributed by atoms with van der Waals surface area (Å²) in [5, 5.41) is 31.6. The molecule has 0 aliphatic carbocycles. The van der Waals surface area contributed by atoms with E-state index in [4.69, 9.17) is 9.83 Å². The Kier molecular flexibility index (Phi) is 3.74. The minimum atomic E-state index is -0.453. The summed E-state index contributed by atoms with van der Waals surface area (Å²) in [6, 6.07) is 12.6. The van der Waals surface area contributed by atoms with Crippen LogP contribution in [0.1, 0.15) is 10.8 Å². The van der Waals surface area contributed by atoms with Crippen molar-refractivity contribution in [2.75, 3.05) is 0 Å². The largest absolute Gasteiger partial charge is 0.508 e. The molecule has 2 N–H and O–H groups in total. The van der Waals surface area contributed by atoms with E-state index in [1.165, 1.54) is 29.5 Å². The summed E-state index contributed by atoms with van der Waals surface area (Å²) in [6.45, 7) is 0. The van der Waals surface area contributed by atoms with Gasteiger partial charge in [0.25, 0.3) is 5.69 Å². The number of hydrogen-bond donors (Lipinski definition) is 2. The molecule has 0 saturated carbocycles. The number of furan rings is 1. The van der Waals surface area contributed by atoms with Crippen LogP contribution in [0, 0.1) is 15.5 Å². The number of nitrogens with one attached hydrogen (secondary N) is 1. The number of nitro benzene ring substituents is 1. The number of nitrogens with zero attached hydrogens (tertiary/aromatic N) is 2. The van der Waals surface area contributed by atoms with Gasteiger partial charge in [0.15, 0.2) is 5.76 Å². The lowest BCUT2D eigenvalue weighted by atomic mass is 10.1. The number of phenolic OH excluding ortho intramolecular Hbond substituents is 1. The van der Waals surface area contributed by atoms with E-state index in [9.17, 15) is 15.2 Å². The molecule has 0 bridgehead atoms. The molecular weight excluding hydrogens is 354 g/mol. The molecule has 2 aromatic heterocycles. The van der Waals surface area contributed by atoms with Gasteiger partial charge in [-0.25, -0.2) is 4.98 Å². The fraction of sp³-hybridized carbons (Fsp3) is 0. The third-order valence-electron chi connectivity index (χ3n) is 3.84. The Labute approximate surface area is 150 Å². The number of aromatic nitrogens is 1. The van der Waals surface area contributed by atoms with Crippen LogP contribution in [0.4, 0.5) is 5.69 Å². The molecule has 26 heavy (non-hydrogen) atoms. The summed E-state index contributed by atoms with van der Waals surface area (Å²) < 4.78 is 5.63. The van der Waals surface area contributed by atoms with Gasteiger partial charge >= 0.3 is 0 Å². The maximum atomic E-state index is 10.7. The van der Waals surface area contributed by atoms with E-state index in [-0.39, 0.29) is 17.1 Å². The topological polar surface area (TPSA) is 113 Å². The van der Waals surface area contributed by atoms with Crippen LogP contribution in [0.5, 0.6) is 5.75 Å². The molecule has 2 heterocycles. The predicted octanol–water partition coefficient (Wildman–Crippen LogP) is 4.59. The molecule has 0 aliphatic rings.